The second-order valence-electron chi connectivity index (χ2n) is 4.24. The van der Waals surface area contributed by atoms with Crippen LogP contribution in [-0.2, 0) is 4.79 Å². The van der Waals surface area contributed by atoms with Gasteiger partial charge in [0.2, 0.25) is 5.91 Å². The lowest BCUT2D eigenvalue weighted by atomic mass is 10.2. The topological polar surface area (TPSA) is 67.8 Å². The van der Waals surface area contributed by atoms with Crippen molar-refractivity contribution in [2.24, 2.45) is 0 Å². The summed E-state index contributed by atoms with van der Waals surface area (Å²) in [5.41, 5.74) is 0.829. The highest BCUT2D eigenvalue weighted by molar-refractivity contribution is 5.92. The molecule has 0 aliphatic carbocycles. The molecule has 1 amide bonds. The first-order chi connectivity index (χ1) is 9.64. The third-order valence-corrected chi connectivity index (χ3v) is 2.89. The molecule has 2 N–H and O–H groups in total. The molecule has 1 aromatic rings. The summed E-state index contributed by atoms with van der Waals surface area (Å²) in [6.07, 6.45) is 3.80. The van der Waals surface area contributed by atoms with Gasteiger partial charge in [0.1, 0.15) is 0 Å². The number of ether oxygens (including phenoxy) is 2. The highest BCUT2D eigenvalue weighted by atomic mass is 16.5. The Morgan fingerprint density at radius 2 is 2.05 bits per heavy atom. The van der Waals surface area contributed by atoms with Crippen molar-refractivity contribution in [1.82, 2.24) is 5.32 Å². The van der Waals surface area contributed by atoms with Crippen molar-refractivity contribution in [2.45, 2.75) is 19.4 Å². The molecular formula is C15H21NO4. The minimum atomic E-state index is -0.235. The number of hydrogen-bond donors (Lipinski definition) is 2. The first-order valence-corrected chi connectivity index (χ1v) is 6.46. The molecule has 1 aromatic carbocycles. The fraction of sp³-hybridized carbons (Fsp3) is 0.400. The molecule has 0 bridgehead atoms. The molecule has 0 fully saturated rings. The molecule has 0 aliphatic heterocycles. The van der Waals surface area contributed by atoms with E-state index in [1.165, 1.54) is 6.08 Å². The zero-order valence-corrected chi connectivity index (χ0v) is 12.1. The van der Waals surface area contributed by atoms with Crippen LogP contribution in [0.3, 0.4) is 0 Å². The lowest BCUT2D eigenvalue weighted by Crippen LogP contribution is -2.35. The Labute approximate surface area is 119 Å². The summed E-state index contributed by atoms with van der Waals surface area (Å²) in [5.74, 6) is 1.01. The van der Waals surface area contributed by atoms with Crippen LogP contribution < -0.4 is 14.8 Å². The van der Waals surface area contributed by atoms with Crippen molar-refractivity contribution in [3.63, 3.8) is 0 Å². The van der Waals surface area contributed by atoms with Crippen LogP contribution in [0.15, 0.2) is 24.3 Å². The van der Waals surface area contributed by atoms with E-state index in [1.54, 1.807) is 32.4 Å². The minimum absolute atomic E-state index is 0.0631. The van der Waals surface area contributed by atoms with E-state index in [0.717, 1.165) is 5.56 Å². The number of carbonyl (C=O) groups excluding carboxylic acids is 1. The lowest BCUT2D eigenvalue weighted by molar-refractivity contribution is -0.117. The molecule has 5 nitrogen and oxygen atoms in total. The molecule has 0 heterocycles. The van der Waals surface area contributed by atoms with E-state index in [-0.39, 0.29) is 18.6 Å². The third-order valence-electron chi connectivity index (χ3n) is 2.89. The van der Waals surface area contributed by atoms with E-state index >= 15 is 0 Å². The molecule has 110 valence electrons. The van der Waals surface area contributed by atoms with Gasteiger partial charge >= 0.3 is 0 Å². The van der Waals surface area contributed by atoms with Crippen molar-refractivity contribution in [1.29, 1.82) is 0 Å². The number of methoxy groups -OCH3 is 2. The van der Waals surface area contributed by atoms with Crippen LogP contribution in [0, 0.1) is 0 Å². The molecule has 0 unspecified atom stereocenters. The van der Waals surface area contributed by atoms with E-state index < -0.39 is 0 Å². The maximum atomic E-state index is 11.7. The molecule has 0 spiro atoms. The fourth-order valence-electron chi connectivity index (χ4n) is 1.65. The maximum absolute atomic E-state index is 11.7. The zero-order valence-electron chi connectivity index (χ0n) is 12.1. The maximum Gasteiger partial charge on any atom is 0.244 e. The van der Waals surface area contributed by atoms with Crippen LogP contribution in [0.25, 0.3) is 6.08 Å². The SMILES string of the molecule is CC[C@H](CO)NC(=O)/C=C/c1ccc(OC)c(OC)c1. The normalized spacial score (nSPS) is 12.2. The largest absolute Gasteiger partial charge is 0.493 e. The van der Waals surface area contributed by atoms with E-state index in [0.29, 0.717) is 17.9 Å². The van der Waals surface area contributed by atoms with Gasteiger partial charge in [0, 0.05) is 6.08 Å². The number of benzene rings is 1. The van der Waals surface area contributed by atoms with Gasteiger partial charge in [-0.2, -0.15) is 0 Å². The monoisotopic (exact) mass is 279 g/mol. The number of amides is 1. The number of aliphatic hydroxyl groups excluding tert-OH is 1. The van der Waals surface area contributed by atoms with Crippen molar-refractivity contribution >= 4 is 12.0 Å². The molecule has 1 rings (SSSR count). The van der Waals surface area contributed by atoms with Crippen molar-refractivity contribution in [2.75, 3.05) is 20.8 Å². The van der Waals surface area contributed by atoms with E-state index in [9.17, 15) is 4.79 Å². The quantitative estimate of drug-likeness (QED) is 0.744. The van der Waals surface area contributed by atoms with Gasteiger partial charge in [-0.1, -0.05) is 13.0 Å². The van der Waals surface area contributed by atoms with Gasteiger partial charge in [-0.3, -0.25) is 4.79 Å². The van der Waals surface area contributed by atoms with Gasteiger partial charge in [0.25, 0.3) is 0 Å². The lowest BCUT2D eigenvalue weighted by Gasteiger charge is -2.11. The van der Waals surface area contributed by atoms with Crippen LogP contribution in [-0.4, -0.2) is 37.9 Å². The Hall–Kier alpha value is -2.01. The second kappa shape index (κ2) is 8.22. The first-order valence-electron chi connectivity index (χ1n) is 6.46. The van der Waals surface area contributed by atoms with Gasteiger partial charge in [0.15, 0.2) is 11.5 Å². The Kier molecular flexibility index (Phi) is 6.59. The summed E-state index contributed by atoms with van der Waals surface area (Å²) in [5, 5.41) is 11.7. The Bertz CT molecular complexity index is 467. The van der Waals surface area contributed by atoms with Crippen LogP contribution in [0.1, 0.15) is 18.9 Å². The molecule has 0 saturated heterocycles. The number of carbonyl (C=O) groups is 1. The summed E-state index contributed by atoms with van der Waals surface area (Å²) in [6, 6.07) is 5.18. The van der Waals surface area contributed by atoms with Crippen LogP contribution >= 0.6 is 0 Å². The number of hydrogen-bond acceptors (Lipinski definition) is 4. The van der Waals surface area contributed by atoms with Crippen LogP contribution in [0.2, 0.25) is 0 Å². The van der Waals surface area contributed by atoms with Gasteiger partial charge in [0.05, 0.1) is 26.9 Å². The molecule has 1 atom stereocenters. The second-order valence-corrected chi connectivity index (χ2v) is 4.24. The zero-order chi connectivity index (χ0) is 15.0. The predicted molar refractivity (Wildman–Crippen MR) is 77.9 cm³/mol. The Morgan fingerprint density at radius 3 is 2.60 bits per heavy atom. The van der Waals surface area contributed by atoms with E-state index in [2.05, 4.69) is 5.32 Å². The summed E-state index contributed by atoms with van der Waals surface area (Å²) < 4.78 is 10.3. The highest BCUT2D eigenvalue weighted by Gasteiger charge is 2.06. The molecular weight excluding hydrogens is 258 g/mol. The van der Waals surface area contributed by atoms with Crippen molar-refractivity contribution in [3.8, 4) is 11.5 Å². The Morgan fingerprint density at radius 1 is 1.35 bits per heavy atom. The Balaban J connectivity index is 2.72. The molecule has 0 saturated carbocycles. The number of rotatable bonds is 7. The molecule has 0 radical (unpaired) electrons. The van der Waals surface area contributed by atoms with E-state index in [4.69, 9.17) is 14.6 Å². The minimum Gasteiger partial charge on any atom is -0.493 e. The van der Waals surface area contributed by atoms with Crippen LogP contribution in [0.5, 0.6) is 11.5 Å². The summed E-state index contributed by atoms with van der Waals surface area (Å²) >= 11 is 0. The van der Waals surface area contributed by atoms with Gasteiger partial charge in [-0.05, 0) is 30.2 Å². The average Bonchev–Trinajstić information content (AvgIpc) is 2.50. The standard InChI is InChI=1S/C15H21NO4/c1-4-12(10-17)16-15(18)8-6-11-5-7-13(19-2)14(9-11)20-3/h5-9,12,17H,4,10H2,1-3H3,(H,16,18)/b8-6+/t12-/m1/s1. The van der Waals surface area contributed by atoms with Gasteiger partial charge in [-0.15, -0.1) is 0 Å². The molecule has 0 aliphatic rings. The van der Waals surface area contributed by atoms with Gasteiger partial charge in [-0.25, -0.2) is 0 Å². The summed E-state index contributed by atoms with van der Waals surface area (Å²) in [4.78, 5) is 11.7. The first kappa shape index (κ1) is 16.0. The predicted octanol–water partition coefficient (Wildman–Crippen LogP) is 1.60. The summed E-state index contributed by atoms with van der Waals surface area (Å²) in [6.45, 7) is 1.84. The highest BCUT2D eigenvalue weighted by Crippen LogP contribution is 2.27. The smallest absolute Gasteiger partial charge is 0.244 e. The third kappa shape index (κ3) is 4.59. The van der Waals surface area contributed by atoms with Crippen LogP contribution in [0.4, 0.5) is 0 Å². The van der Waals surface area contributed by atoms with E-state index in [1.807, 2.05) is 13.0 Å². The summed E-state index contributed by atoms with van der Waals surface area (Å²) in [7, 11) is 3.13. The van der Waals surface area contributed by atoms with Gasteiger partial charge < -0.3 is 19.9 Å². The fourth-order valence-corrected chi connectivity index (χ4v) is 1.65. The molecule has 5 heteroatoms. The molecule has 20 heavy (non-hydrogen) atoms. The average molecular weight is 279 g/mol. The number of nitrogens with one attached hydrogen (secondary N) is 1. The van der Waals surface area contributed by atoms with Crippen molar-refractivity contribution in [3.05, 3.63) is 29.8 Å². The van der Waals surface area contributed by atoms with Crippen molar-refractivity contribution < 1.29 is 19.4 Å². The number of aliphatic hydroxyl groups is 1. The molecule has 0 aromatic heterocycles.